The maximum atomic E-state index is 12.4. The van der Waals surface area contributed by atoms with Crippen LogP contribution in [0.3, 0.4) is 0 Å². The number of amides is 1. The smallest absolute Gasteiger partial charge is 0.255 e. The first-order valence-corrected chi connectivity index (χ1v) is 7.07. The van der Waals surface area contributed by atoms with Crippen LogP contribution in [0.2, 0.25) is 5.02 Å². The van der Waals surface area contributed by atoms with E-state index in [-0.39, 0.29) is 5.91 Å². The summed E-state index contributed by atoms with van der Waals surface area (Å²) in [4.78, 5) is 15.5. The van der Waals surface area contributed by atoms with Crippen molar-refractivity contribution in [2.45, 2.75) is 13.8 Å². The maximum absolute atomic E-state index is 12.4. The molecule has 2 N–H and O–H groups in total. The van der Waals surface area contributed by atoms with Crippen molar-refractivity contribution in [3.8, 4) is 0 Å². The van der Waals surface area contributed by atoms with E-state index in [4.69, 9.17) is 11.6 Å². The number of H-pyrrole nitrogens is 1. The van der Waals surface area contributed by atoms with Crippen LogP contribution in [0.5, 0.6) is 0 Å². The molecule has 2 aromatic carbocycles. The molecular weight excluding hydrogens is 284 g/mol. The molecule has 0 fully saturated rings. The minimum absolute atomic E-state index is 0.166. The highest BCUT2D eigenvalue weighted by atomic mass is 35.5. The van der Waals surface area contributed by atoms with E-state index in [9.17, 15) is 4.79 Å². The van der Waals surface area contributed by atoms with Crippen LogP contribution in [0, 0.1) is 13.8 Å². The molecule has 0 saturated heterocycles. The average molecular weight is 299 g/mol. The van der Waals surface area contributed by atoms with E-state index >= 15 is 0 Å². The fourth-order valence-corrected chi connectivity index (χ4v) is 2.82. The van der Waals surface area contributed by atoms with Gasteiger partial charge in [-0.15, -0.1) is 0 Å². The summed E-state index contributed by atoms with van der Waals surface area (Å²) in [6.07, 6.45) is 1.85. The number of hydrogen-bond donors (Lipinski definition) is 2. The molecule has 0 aliphatic heterocycles. The van der Waals surface area contributed by atoms with E-state index in [1.165, 1.54) is 0 Å². The molecule has 1 heterocycles. The lowest BCUT2D eigenvalue weighted by atomic mass is 10.1. The first-order chi connectivity index (χ1) is 10.0. The summed E-state index contributed by atoms with van der Waals surface area (Å²) in [5.74, 6) is -0.166. The Morgan fingerprint density at radius 2 is 1.95 bits per heavy atom. The zero-order valence-corrected chi connectivity index (χ0v) is 12.6. The molecule has 21 heavy (non-hydrogen) atoms. The van der Waals surface area contributed by atoms with Gasteiger partial charge < -0.3 is 10.3 Å². The van der Waals surface area contributed by atoms with Crippen molar-refractivity contribution in [1.82, 2.24) is 4.98 Å². The van der Waals surface area contributed by atoms with Gasteiger partial charge in [-0.2, -0.15) is 0 Å². The zero-order valence-electron chi connectivity index (χ0n) is 11.8. The number of halogens is 1. The summed E-state index contributed by atoms with van der Waals surface area (Å²) in [5, 5.41) is 4.53. The van der Waals surface area contributed by atoms with E-state index < -0.39 is 0 Å². The number of anilines is 1. The Bertz CT molecular complexity index is 813. The van der Waals surface area contributed by atoms with Crippen LogP contribution in [0.1, 0.15) is 21.5 Å². The van der Waals surface area contributed by atoms with Crippen molar-refractivity contribution in [2.75, 3.05) is 5.32 Å². The van der Waals surface area contributed by atoms with Crippen LogP contribution >= 0.6 is 11.6 Å². The number of benzene rings is 2. The highest BCUT2D eigenvalue weighted by molar-refractivity contribution is 6.34. The van der Waals surface area contributed by atoms with E-state index in [2.05, 4.69) is 10.3 Å². The number of aromatic amines is 1. The van der Waals surface area contributed by atoms with Gasteiger partial charge in [0.25, 0.3) is 5.91 Å². The van der Waals surface area contributed by atoms with Crippen molar-refractivity contribution in [2.24, 2.45) is 0 Å². The highest BCUT2D eigenvalue weighted by Crippen LogP contribution is 2.28. The third-order valence-corrected chi connectivity index (χ3v) is 3.79. The van der Waals surface area contributed by atoms with Gasteiger partial charge in [0.05, 0.1) is 10.7 Å². The molecule has 0 aliphatic carbocycles. The SMILES string of the molecule is Cc1cc(C)c(NC(=O)c2ccc3cc[nH]c3c2)c(Cl)c1. The Morgan fingerprint density at radius 3 is 2.71 bits per heavy atom. The summed E-state index contributed by atoms with van der Waals surface area (Å²) in [6, 6.07) is 11.4. The molecule has 106 valence electrons. The summed E-state index contributed by atoms with van der Waals surface area (Å²) in [6.45, 7) is 3.91. The van der Waals surface area contributed by atoms with Crippen LogP contribution in [0.4, 0.5) is 5.69 Å². The second-order valence-corrected chi connectivity index (χ2v) is 5.58. The predicted molar refractivity (Wildman–Crippen MR) is 87.2 cm³/mol. The number of carbonyl (C=O) groups is 1. The van der Waals surface area contributed by atoms with Gasteiger partial charge in [0.2, 0.25) is 0 Å². The Labute approximate surface area is 127 Å². The number of nitrogens with one attached hydrogen (secondary N) is 2. The van der Waals surface area contributed by atoms with E-state index in [0.29, 0.717) is 16.3 Å². The monoisotopic (exact) mass is 298 g/mol. The van der Waals surface area contributed by atoms with Gasteiger partial charge in [0.15, 0.2) is 0 Å². The van der Waals surface area contributed by atoms with Crippen LogP contribution in [-0.2, 0) is 0 Å². The van der Waals surface area contributed by atoms with Crippen molar-refractivity contribution >= 4 is 34.1 Å². The third kappa shape index (κ3) is 2.65. The molecule has 0 spiro atoms. The number of hydrogen-bond acceptors (Lipinski definition) is 1. The van der Waals surface area contributed by atoms with E-state index in [1.54, 1.807) is 0 Å². The second kappa shape index (κ2) is 5.26. The largest absolute Gasteiger partial charge is 0.361 e. The Balaban J connectivity index is 1.92. The Kier molecular flexibility index (Phi) is 3.43. The summed E-state index contributed by atoms with van der Waals surface area (Å²) < 4.78 is 0. The molecule has 0 unspecified atom stereocenters. The lowest BCUT2D eigenvalue weighted by Crippen LogP contribution is -2.13. The van der Waals surface area contributed by atoms with E-state index in [0.717, 1.165) is 22.0 Å². The van der Waals surface area contributed by atoms with Crippen LogP contribution in [0.25, 0.3) is 10.9 Å². The third-order valence-electron chi connectivity index (χ3n) is 3.49. The zero-order chi connectivity index (χ0) is 15.0. The summed E-state index contributed by atoms with van der Waals surface area (Å²) in [7, 11) is 0. The molecule has 3 aromatic rings. The average Bonchev–Trinajstić information content (AvgIpc) is 2.89. The standard InChI is InChI=1S/C17H15ClN2O/c1-10-7-11(2)16(14(18)8-10)20-17(21)13-4-3-12-5-6-19-15(12)9-13/h3-9,19H,1-2H3,(H,20,21). The molecule has 0 aliphatic rings. The summed E-state index contributed by atoms with van der Waals surface area (Å²) >= 11 is 6.22. The predicted octanol–water partition coefficient (Wildman–Crippen LogP) is 4.69. The molecule has 3 nitrogen and oxygen atoms in total. The number of carbonyl (C=O) groups excluding carboxylic acids is 1. The van der Waals surface area contributed by atoms with Crippen molar-refractivity contribution in [3.05, 3.63) is 64.3 Å². The van der Waals surface area contributed by atoms with Crippen LogP contribution in [0.15, 0.2) is 42.6 Å². The van der Waals surface area contributed by atoms with E-state index in [1.807, 2.05) is 56.4 Å². The normalized spacial score (nSPS) is 10.8. The first-order valence-electron chi connectivity index (χ1n) is 6.70. The van der Waals surface area contributed by atoms with Gasteiger partial charge >= 0.3 is 0 Å². The van der Waals surface area contributed by atoms with Gasteiger partial charge in [-0.25, -0.2) is 0 Å². The number of rotatable bonds is 2. The fraction of sp³-hybridized carbons (Fsp3) is 0.118. The molecule has 0 radical (unpaired) electrons. The van der Waals surface area contributed by atoms with Gasteiger partial charge in [-0.3, -0.25) is 4.79 Å². The van der Waals surface area contributed by atoms with Gasteiger partial charge in [-0.1, -0.05) is 23.7 Å². The number of aryl methyl sites for hydroxylation is 2. The van der Waals surface area contributed by atoms with Gasteiger partial charge in [0, 0.05) is 17.3 Å². The molecule has 1 aromatic heterocycles. The summed E-state index contributed by atoms with van der Waals surface area (Å²) in [5.41, 5.74) is 4.23. The molecular formula is C17H15ClN2O. The molecule has 4 heteroatoms. The fourth-order valence-electron chi connectivity index (χ4n) is 2.45. The number of aromatic nitrogens is 1. The quantitative estimate of drug-likeness (QED) is 0.708. The van der Waals surface area contributed by atoms with Crippen molar-refractivity contribution in [3.63, 3.8) is 0 Å². The van der Waals surface area contributed by atoms with Gasteiger partial charge in [-0.05, 0) is 54.6 Å². The second-order valence-electron chi connectivity index (χ2n) is 5.17. The lowest BCUT2D eigenvalue weighted by molar-refractivity contribution is 0.102. The highest BCUT2D eigenvalue weighted by Gasteiger charge is 2.12. The number of fused-ring (bicyclic) bond motifs is 1. The van der Waals surface area contributed by atoms with Crippen molar-refractivity contribution < 1.29 is 4.79 Å². The van der Waals surface area contributed by atoms with Gasteiger partial charge in [0.1, 0.15) is 0 Å². The maximum Gasteiger partial charge on any atom is 0.255 e. The van der Waals surface area contributed by atoms with Crippen molar-refractivity contribution in [1.29, 1.82) is 0 Å². The van der Waals surface area contributed by atoms with Crippen LogP contribution in [-0.4, -0.2) is 10.9 Å². The molecule has 1 amide bonds. The molecule has 0 atom stereocenters. The molecule has 3 rings (SSSR count). The Morgan fingerprint density at radius 1 is 1.14 bits per heavy atom. The lowest BCUT2D eigenvalue weighted by Gasteiger charge is -2.11. The van der Waals surface area contributed by atoms with Crippen LogP contribution < -0.4 is 5.32 Å². The molecule has 0 saturated carbocycles. The topological polar surface area (TPSA) is 44.9 Å². The molecule has 0 bridgehead atoms. The Hall–Kier alpha value is -2.26. The minimum atomic E-state index is -0.166. The minimum Gasteiger partial charge on any atom is -0.361 e. The first kappa shape index (κ1) is 13.7.